The van der Waals surface area contributed by atoms with Gasteiger partial charge in [-0.2, -0.15) is 0 Å². The molecule has 1 N–H and O–H groups in total. The van der Waals surface area contributed by atoms with Gasteiger partial charge in [0.1, 0.15) is 5.75 Å². The summed E-state index contributed by atoms with van der Waals surface area (Å²) in [7, 11) is -0.0278. The second-order valence-corrected chi connectivity index (χ2v) is 6.51. The van der Waals surface area contributed by atoms with Crippen molar-refractivity contribution in [2.75, 3.05) is 18.5 Å². The van der Waals surface area contributed by atoms with Crippen molar-refractivity contribution in [3.8, 4) is 5.75 Å². The van der Waals surface area contributed by atoms with Crippen LogP contribution in [0.5, 0.6) is 5.75 Å². The maximum absolute atomic E-state index is 11.8. The minimum Gasteiger partial charge on any atom is -0.508 e. The van der Waals surface area contributed by atoms with Gasteiger partial charge in [0.15, 0.2) is 5.78 Å². The van der Waals surface area contributed by atoms with Crippen LogP contribution in [0.2, 0.25) is 0 Å². The molecule has 0 aliphatic carbocycles. The Bertz CT molecular complexity index is 340. The van der Waals surface area contributed by atoms with Gasteiger partial charge in [-0.05, 0) is 49.4 Å². The molecule has 0 atom stereocenters. The summed E-state index contributed by atoms with van der Waals surface area (Å²) >= 11 is 0. The highest BCUT2D eigenvalue weighted by Gasteiger charge is 2.18. The molecule has 94 valence electrons. The standard InChI is InChI=1S/C12H15O2P.C2H6/c13-11-5-3-10(4-6-11)12(14)9-15-7-1-2-8-15;1-2/h3-6,13H,1-2,7-9H2;1-2H3. The van der Waals surface area contributed by atoms with Crippen molar-refractivity contribution in [1.82, 2.24) is 0 Å². The molecular formula is C14H21O2P. The fourth-order valence-electron chi connectivity index (χ4n) is 1.88. The summed E-state index contributed by atoms with van der Waals surface area (Å²) in [6.07, 6.45) is 5.86. The van der Waals surface area contributed by atoms with Gasteiger partial charge in [-0.15, -0.1) is 0 Å². The maximum atomic E-state index is 11.8. The quantitative estimate of drug-likeness (QED) is 0.654. The Kier molecular flexibility index (Phi) is 6.21. The van der Waals surface area contributed by atoms with Crippen LogP contribution in [0.1, 0.15) is 37.0 Å². The van der Waals surface area contributed by atoms with Crippen LogP contribution in [-0.2, 0) is 0 Å². The van der Waals surface area contributed by atoms with Gasteiger partial charge < -0.3 is 5.11 Å². The predicted molar refractivity (Wildman–Crippen MR) is 74.5 cm³/mol. The minimum absolute atomic E-state index is 0.0278. The van der Waals surface area contributed by atoms with Crippen LogP contribution in [0.3, 0.4) is 0 Å². The highest BCUT2D eigenvalue weighted by molar-refractivity contribution is 7.59. The fraction of sp³-hybridized carbons (Fsp3) is 0.500. The SMILES string of the molecule is CC.O=C(CP1CCCC1)c1ccc(O)cc1. The molecule has 3 heteroatoms. The third-order valence-electron chi connectivity index (χ3n) is 2.76. The van der Waals surface area contributed by atoms with Crippen molar-refractivity contribution in [1.29, 1.82) is 0 Å². The lowest BCUT2D eigenvalue weighted by Crippen LogP contribution is -2.04. The first-order chi connectivity index (χ1) is 8.25. The van der Waals surface area contributed by atoms with Crippen LogP contribution >= 0.6 is 7.92 Å². The van der Waals surface area contributed by atoms with Crippen molar-refractivity contribution < 1.29 is 9.90 Å². The van der Waals surface area contributed by atoms with Gasteiger partial charge in [-0.1, -0.05) is 21.8 Å². The van der Waals surface area contributed by atoms with Crippen LogP contribution < -0.4 is 0 Å². The van der Waals surface area contributed by atoms with E-state index in [0.717, 1.165) is 11.7 Å². The second-order valence-electron chi connectivity index (χ2n) is 3.95. The summed E-state index contributed by atoms with van der Waals surface area (Å²) in [5, 5.41) is 9.12. The van der Waals surface area contributed by atoms with Crippen LogP contribution in [0, 0.1) is 0 Å². The summed E-state index contributed by atoms with van der Waals surface area (Å²) in [6.45, 7) is 4.00. The Morgan fingerprint density at radius 3 is 2.24 bits per heavy atom. The first-order valence-electron chi connectivity index (χ1n) is 6.30. The summed E-state index contributed by atoms with van der Waals surface area (Å²) in [5.74, 6) is 0.459. The average molecular weight is 252 g/mol. The zero-order chi connectivity index (χ0) is 12.7. The molecule has 0 bridgehead atoms. The summed E-state index contributed by atoms with van der Waals surface area (Å²) in [5.41, 5.74) is 0.738. The monoisotopic (exact) mass is 252 g/mol. The predicted octanol–water partition coefficient (Wildman–Crippen LogP) is 3.88. The average Bonchev–Trinajstić information content (AvgIpc) is 2.85. The molecule has 0 unspecified atom stereocenters. The van der Waals surface area contributed by atoms with E-state index in [1.807, 2.05) is 13.8 Å². The zero-order valence-electron chi connectivity index (χ0n) is 10.6. The van der Waals surface area contributed by atoms with E-state index in [1.165, 1.54) is 25.2 Å². The molecule has 1 saturated heterocycles. The largest absolute Gasteiger partial charge is 0.508 e. The van der Waals surface area contributed by atoms with Crippen LogP contribution in [0.25, 0.3) is 0 Å². The van der Waals surface area contributed by atoms with E-state index in [-0.39, 0.29) is 19.5 Å². The van der Waals surface area contributed by atoms with Crippen molar-refractivity contribution in [2.45, 2.75) is 26.7 Å². The van der Waals surface area contributed by atoms with Crippen LogP contribution in [0.15, 0.2) is 24.3 Å². The summed E-state index contributed by atoms with van der Waals surface area (Å²) < 4.78 is 0. The van der Waals surface area contributed by atoms with Crippen molar-refractivity contribution >= 4 is 13.7 Å². The molecule has 1 aliphatic rings. The smallest absolute Gasteiger partial charge is 0.167 e. The second kappa shape index (κ2) is 7.45. The lowest BCUT2D eigenvalue weighted by molar-refractivity contribution is 0.102. The number of phenolic OH excluding ortho intramolecular Hbond substituents is 1. The van der Waals surface area contributed by atoms with E-state index in [2.05, 4.69) is 0 Å². The molecule has 17 heavy (non-hydrogen) atoms. The van der Waals surface area contributed by atoms with Gasteiger partial charge in [0.2, 0.25) is 0 Å². The number of benzene rings is 1. The third-order valence-corrected chi connectivity index (χ3v) is 5.39. The Morgan fingerprint density at radius 2 is 1.71 bits per heavy atom. The molecule has 1 aromatic rings. The molecule has 0 saturated carbocycles. The van der Waals surface area contributed by atoms with Gasteiger partial charge >= 0.3 is 0 Å². The van der Waals surface area contributed by atoms with E-state index in [0.29, 0.717) is 0 Å². The number of carbonyl (C=O) groups is 1. The van der Waals surface area contributed by atoms with E-state index in [9.17, 15) is 4.79 Å². The molecule has 0 spiro atoms. The number of rotatable bonds is 3. The Balaban J connectivity index is 0.000000686. The van der Waals surface area contributed by atoms with E-state index >= 15 is 0 Å². The van der Waals surface area contributed by atoms with Crippen LogP contribution in [0.4, 0.5) is 0 Å². The highest BCUT2D eigenvalue weighted by atomic mass is 31.1. The molecule has 1 fully saturated rings. The van der Waals surface area contributed by atoms with Crippen molar-refractivity contribution in [3.05, 3.63) is 29.8 Å². The number of Topliss-reactive ketones (excluding diaryl/α,β-unsaturated/α-hetero) is 1. The number of hydrogen-bond donors (Lipinski definition) is 1. The number of aromatic hydroxyl groups is 1. The lowest BCUT2D eigenvalue weighted by Gasteiger charge is -2.08. The van der Waals surface area contributed by atoms with Gasteiger partial charge in [0.25, 0.3) is 0 Å². The van der Waals surface area contributed by atoms with Gasteiger partial charge in [-0.3, -0.25) is 4.79 Å². The molecule has 1 aromatic carbocycles. The molecule has 2 rings (SSSR count). The maximum Gasteiger partial charge on any atom is 0.167 e. The molecule has 0 aromatic heterocycles. The summed E-state index contributed by atoms with van der Waals surface area (Å²) in [6, 6.07) is 6.58. The normalized spacial score (nSPS) is 15.2. The first kappa shape index (κ1) is 14.2. The first-order valence-corrected chi connectivity index (χ1v) is 8.20. The zero-order valence-corrected chi connectivity index (χ0v) is 11.5. The van der Waals surface area contributed by atoms with E-state index < -0.39 is 0 Å². The van der Waals surface area contributed by atoms with Crippen LogP contribution in [-0.4, -0.2) is 29.4 Å². The van der Waals surface area contributed by atoms with Gasteiger partial charge in [-0.25, -0.2) is 0 Å². The summed E-state index contributed by atoms with van der Waals surface area (Å²) in [4.78, 5) is 11.8. The molecule has 1 heterocycles. The topological polar surface area (TPSA) is 37.3 Å². The molecule has 2 nitrogen and oxygen atoms in total. The Labute approximate surface area is 105 Å². The van der Waals surface area contributed by atoms with Crippen molar-refractivity contribution in [3.63, 3.8) is 0 Å². The van der Waals surface area contributed by atoms with Crippen molar-refractivity contribution in [2.24, 2.45) is 0 Å². The lowest BCUT2D eigenvalue weighted by atomic mass is 10.1. The molecule has 0 radical (unpaired) electrons. The molecule has 0 amide bonds. The van der Waals surface area contributed by atoms with E-state index in [4.69, 9.17) is 5.11 Å². The van der Waals surface area contributed by atoms with Gasteiger partial charge in [0.05, 0.1) is 0 Å². The Morgan fingerprint density at radius 1 is 1.18 bits per heavy atom. The van der Waals surface area contributed by atoms with Gasteiger partial charge in [0, 0.05) is 11.7 Å². The molecule has 1 aliphatic heterocycles. The number of ketones is 1. The fourth-order valence-corrected chi connectivity index (χ4v) is 4.35. The Hall–Kier alpha value is -0.880. The van der Waals surface area contributed by atoms with E-state index in [1.54, 1.807) is 24.3 Å². The molecular weight excluding hydrogens is 231 g/mol. The number of carbonyl (C=O) groups excluding carboxylic acids is 1. The number of hydrogen-bond acceptors (Lipinski definition) is 2. The number of phenols is 1. The third kappa shape index (κ3) is 4.47. The highest BCUT2D eigenvalue weighted by Crippen LogP contribution is 2.43. The minimum atomic E-state index is -0.0278.